The lowest BCUT2D eigenvalue weighted by Gasteiger charge is -2.22. The molecular formula is C15H20FNO5. The van der Waals surface area contributed by atoms with Crippen molar-refractivity contribution < 1.29 is 28.6 Å². The Balaban J connectivity index is 2.68. The zero-order valence-corrected chi connectivity index (χ0v) is 12.8. The minimum atomic E-state index is -1.17. The molecule has 6 nitrogen and oxygen atoms in total. The van der Waals surface area contributed by atoms with E-state index in [1.54, 1.807) is 32.9 Å². The summed E-state index contributed by atoms with van der Waals surface area (Å²) in [6.07, 6.45) is -0.720. The van der Waals surface area contributed by atoms with Crippen LogP contribution in [0.4, 0.5) is 9.18 Å². The number of carboxylic acids is 1. The fourth-order valence-corrected chi connectivity index (χ4v) is 1.67. The van der Waals surface area contributed by atoms with Crippen molar-refractivity contribution >= 4 is 12.1 Å². The number of amides is 1. The highest BCUT2D eigenvalue weighted by Crippen LogP contribution is 2.14. The highest BCUT2D eigenvalue weighted by Gasteiger charge is 2.24. The van der Waals surface area contributed by atoms with Crippen LogP contribution in [0.15, 0.2) is 24.3 Å². The number of nitrogens with one attached hydrogen (secondary N) is 1. The average molecular weight is 313 g/mol. The third-order valence-electron chi connectivity index (χ3n) is 2.57. The molecule has 22 heavy (non-hydrogen) atoms. The molecule has 122 valence electrons. The molecule has 0 aromatic heterocycles. The number of hydrogen-bond acceptors (Lipinski definition) is 4. The van der Waals surface area contributed by atoms with Crippen LogP contribution >= 0.6 is 0 Å². The van der Waals surface area contributed by atoms with Crippen LogP contribution in [0.2, 0.25) is 0 Å². The van der Waals surface area contributed by atoms with Gasteiger partial charge in [-0.25, -0.2) is 14.0 Å². The Bertz CT molecular complexity index is 510. The number of halogens is 1. The standard InChI is InChI=1S/C15H20FNO5/c1-15(2,3)22-14(20)17-12(13(18)19)8-10-4-6-11(7-5-10)21-9-16/h4-7,12H,8-9H2,1-3H3,(H,17,20)(H,18,19). The van der Waals surface area contributed by atoms with Crippen LogP contribution < -0.4 is 10.1 Å². The van der Waals surface area contributed by atoms with Crippen LogP contribution in [-0.2, 0) is 16.0 Å². The van der Waals surface area contributed by atoms with E-state index in [9.17, 15) is 19.1 Å². The van der Waals surface area contributed by atoms with E-state index in [-0.39, 0.29) is 6.42 Å². The summed E-state index contributed by atoms with van der Waals surface area (Å²) in [4.78, 5) is 22.9. The summed E-state index contributed by atoms with van der Waals surface area (Å²) >= 11 is 0. The van der Waals surface area contributed by atoms with Gasteiger partial charge >= 0.3 is 12.1 Å². The second-order valence-electron chi connectivity index (χ2n) is 5.64. The van der Waals surface area contributed by atoms with Crippen molar-refractivity contribution in [2.75, 3.05) is 6.86 Å². The second kappa shape index (κ2) is 7.63. The molecule has 1 aromatic rings. The maximum atomic E-state index is 12.0. The predicted octanol–water partition coefficient (Wildman–Crippen LogP) is 2.51. The van der Waals surface area contributed by atoms with Crippen molar-refractivity contribution in [2.45, 2.75) is 38.8 Å². The normalized spacial score (nSPS) is 12.4. The number of hydrogen-bond donors (Lipinski definition) is 2. The van der Waals surface area contributed by atoms with Gasteiger partial charge in [-0.2, -0.15) is 0 Å². The molecule has 1 unspecified atom stereocenters. The fourth-order valence-electron chi connectivity index (χ4n) is 1.67. The Labute approximate surface area is 128 Å². The van der Waals surface area contributed by atoms with Gasteiger partial charge in [0, 0.05) is 6.42 Å². The minimum absolute atomic E-state index is 0.0739. The van der Waals surface area contributed by atoms with Gasteiger partial charge in [0.05, 0.1) is 0 Å². The number of carbonyl (C=O) groups excluding carboxylic acids is 1. The van der Waals surface area contributed by atoms with E-state index < -0.39 is 30.6 Å². The van der Waals surface area contributed by atoms with Gasteiger partial charge in [0.25, 0.3) is 0 Å². The summed E-state index contributed by atoms with van der Waals surface area (Å²) in [5.74, 6) is -0.826. The maximum absolute atomic E-state index is 12.0. The molecule has 0 aliphatic rings. The third-order valence-corrected chi connectivity index (χ3v) is 2.57. The van der Waals surface area contributed by atoms with Gasteiger partial charge in [-0.1, -0.05) is 12.1 Å². The summed E-state index contributed by atoms with van der Waals surface area (Å²) < 4.78 is 21.7. The topological polar surface area (TPSA) is 84.9 Å². The molecule has 7 heteroatoms. The lowest BCUT2D eigenvalue weighted by atomic mass is 10.1. The van der Waals surface area contributed by atoms with Crippen LogP contribution in [0.1, 0.15) is 26.3 Å². The zero-order chi connectivity index (χ0) is 16.8. The van der Waals surface area contributed by atoms with Gasteiger partial charge < -0.3 is 19.9 Å². The largest absolute Gasteiger partial charge is 0.480 e. The van der Waals surface area contributed by atoms with Gasteiger partial charge in [-0.15, -0.1) is 0 Å². The molecule has 0 saturated carbocycles. The van der Waals surface area contributed by atoms with Crippen molar-refractivity contribution in [3.8, 4) is 5.75 Å². The fraction of sp³-hybridized carbons (Fsp3) is 0.467. The van der Waals surface area contributed by atoms with Gasteiger partial charge in [-0.05, 0) is 38.5 Å². The lowest BCUT2D eigenvalue weighted by molar-refractivity contribution is -0.139. The Morgan fingerprint density at radius 1 is 1.27 bits per heavy atom. The number of carbonyl (C=O) groups is 2. The third kappa shape index (κ3) is 6.43. The molecule has 0 bridgehead atoms. The Morgan fingerprint density at radius 3 is 2.32 bits per heavy atom. The molecule has 1 rings (SSSR count). The maximum Gasteiger partial charge on any atom is 0.408 e. The lowest BCUT2D eigenvalue weighted by Crippen LogP contribution is -2.44. The molecule has 0 aliphatic carbocycles. The molecule has 1 amide bonds. The molecule has 2 N–H and O–H groups in total. The Morgan fingerprint density at radius 2 is 1.86 bits per heavy atom. The summed E-state index contributed by atoms with van der Waals surface area (Å²) in [6, 6.07) is 5.15. The van der Waals surface area contributed by atoms with Crippen LogP contribution in [0.25, 0.3) is 0 Å². The van der Waals surface area contributed by atoms with Crippen molar-refractivity contribution in [3.05, 3.63) is 29.8 Å². The van der Waals surface area contributed by atoms with Crippen molar-refractivity contribution in [2.24, 2.45) is 0 Å². The first-order valence-corrected chi connectivity index (χ1v) is 6.71. The number of aliphatic carboxylic acids is 1. The number of ether oxygens (including phenoxy) is 2. The number of benzene rings is 1. The average Bonchev–Trinajstić information content (AvgIpc) is 2.38. The van der Waals surface area contributed by atoms with E-state index >= 15 is 0 Å². The molecule has 0 fully saturated rings. The van der Waals surface area contributed by atoms with E-state index in [2.05, 4.69) is 10.1 Å². The molecular weight excluding hydrogens is 293 g/mol. The van der Waals surface area contributed by atoms with Gasteiger partial charge in [0.1, 0.15) is 17.4 Å². The molecule has 0 aliphatic heterocycles. The van der Waals surface area contributed by atoms with Crippen LogP contribution in [0, 0.1) is 0 Å². The molecule has 0 radical (unpaired) electrons. The molecule has 0 spiro atoms. The Kier molecular flexibility index (Phi) is 6.15. The van der Waals surface area contributed by atoms with E-state index in [0.29, 0.717) is 11.3 Å². The number of rotatable bonds is 6. The minimum Gasteiger partial charge on any atom is -0.480 e. The smallest absolute Gasteiger partial charge is 0.408 e. The summed E-state index contributed by atoms with van der Waals surface area (Å²) in [7, 11) is 0. The van der Waals surface area contributed by atoms with Crippen LogP contribution in [0.5, 0.6) is 5.75 Å². The van der Waals surface area contributed by atoms with E-state index in [0.717, 1.165) is 0 Å². The molecule has 0 heterocycles. The monoisotopic (exact) mass is 313 g/mol. The van der Waals surface area contributed by atoms with Crippen molar-refractivity contribution in [1.29, 1.82) is 0 Å². The number of alkyl halides is 1. The van der Waals surface area contributed by atoms with Gasteiger partial charge in [-0.3, -0.25) is 0 Å². The first-order chi connectivity index (χ1) is 10.2. The first-order valence-electron chi connectivity index (χ1n) is 6.71. The van der Waals surface area contributed by atoms with Gasteiger partial charge in [0.2, 0.25) is 6.86 Å². The SMILES string of the molecule is CC(C)(C)OC(=O)NC(Cc1ccc(OCF)cc1)C(=O)O. The first kappa shape index (κ1) is 17.7. The predicted molar refractivity (Wildman–Crippen MR) is 77.5 cm³/mol. The summed E-state index contributed by atoms with van der Waals surface area (Å²) in [5, 5.41) is 11.5. The number of alkyl carbamates (subject to hydrolysis) is 1. The van der Waals surface area contributed by atoms with Gasteiger partial charge in [0.15, 0.2) is 0 Å². The summed E-state index contributed by atoms with van der Waals surface area (Å²) in [6.45, 7) is 4.13. The van der Waals surface area contributed by atoms with Crippen LogP contribution in [-0.4, -0.2) is 35.7 Å². The summed E-state index contributed by atoms with van der Waals surface area (Å²) in [5.41, 5.74) is -0.0481. The van der Waals surface area contributed by atoms with E-state index in [1.165, 1.54) is 12.1 Å². The highest BCUT2D eigenvalue weighted by molar-refractivity contribution is 5.80. The van der Waals surface area contributed by atoms with Crippen molar-refractivity contribution in [3.63, 3.8) is 0 Å². The molecule has 0 saturated heterocycles. The number of carboxylic acid groups (broad SMARTS) is 1. The van der Waals surface area contributed by atoms with E-state index in [1.807, 2.05) is 0 Å². The zero-order valence-electron chi connectivity index (χ0n) is 12.8. The quantitative estimate of drug-likeness (QED) is 0.843. The molecule has 1 atom stereocenters. The molecule has 1 aromatic carbocycles. The van der Waals surface area contributed by atoms with Crippen LogP contribution in [0.3, 0.4) is 0 Å². The Hall–Kier alpha value is -2.31. The second-order valence-corrected chi connectivity index (χ2v) is 5.64. The highest BCUT2D eigenvalue weighted by atomic mass is 19.1. The van der Waals surface area contributed by atoms with Crippen molar-refractivity contribution in [1.82, 2.24) is 5.32 Å². The van der Waals surface area contributed by atoms with E-state index in [4.69, 9.17) is 4.74 Å².